The van der Waals surface area contributed by atoms with Crippen molar-refractivity contribution in [3.8, 4) is 0 Å². The van der Waals surface area contributed by atoms with Crippen molar-refractivity contribution in [2.75, 3.05) is 39.3 Å². The van der Waals surface area contributed by atoms with E-state index in [9.17, 15) is 14.4 Å². The Kier molecular flexibility index (Phi) is 5.30. The van der Waals surface area contributed by atoms with Crippen LogP contribution in [0, 0.1) is 11.8 Å². The Labute approximate surface area is 166 Å². The van der Waals surface area contributed by atoms with E-state index in [1.54, 1.807) is 31.2 Å². The van der Waals surface area contributed by atoms with Crippen LogP contribution in [0.2, 0.25) is 0 Å². The first-order valence-electron chi connectivity index (χ1n) is 10.4. The highest BCUT2D eigenvalue weighted by Crippen LogP contribution is 2.41. The van der Waals surface area contributed by atoms with E-state index in [0.717, 1.165) is 45.7 Å². The Balaban J connectivity index is 1.58. The molecule has 5 nitrogen and oxygen atoms in total. The summed E-state index contributed by atoms with van der Waals surface area (Å²) in [5.41, 5.74) is 2.01. The average Bonchev–Trinajstić information content (AvgIpc) is 2.73. The molecule has 4 rings (SSSR count). The molecule has 2 unspecified atom stereocenters. The summed E-state index contributed by atoms with van der Waals surface area (Å²) in [5.74, 6) is -0.727. The molecule has 1 aliphatic heterocycles. The molecule has 1 heterocycles. The van der Waals surface area contributed by atoms with Crippen molar-refractivity contribution in [2.24, 2.45) is 11.8 Å². The predicted molar refractivity (Wildman–Crippen MR) is 108 cm³/mol. The monoisotopic (exact) mass is 380 g/mol. The third-order valence-electron chi connectivity index (χ3n) is 6.67. The van der Waals surface area contributed by atoms with Gasteiger partial charge >= 0.3 is 0 Å². The molecule has 0 aromatic heterocycles. The van der Waals surface area contributed by atoms with Gasteiger partial charge in [-0.05, 0) is 25.4 Å². The molecular formula is C23H28N2O3. The SMILES string of the molecule is CCN1CCN(CCC2CC(=O)C(C)C3=C2C(=O)c2ccccc2C3=O)CC1. The predicted octanol–water partition coefficient (Wildman–Crippen LogP) is 2.61. The summed E-state index contributed by atoms with van der Waals surface area (Å²) in [6.45, 7) is 10.1. The molecule has 148 valence electrons. The molecule has 2 aliphatic carbocycles. The number of hydrogen-bond donors (Lipinski definition) is 0. The van der Waals surface area contributed by atoms with E-state index in [2.05, 4.69) is 16.7 Å². The van der Waals surface area contributed by atoms with E-state index in [-0.39, 0.29) is 23.3 Å². The van der Waals surface area contributed by atoms with Gasteiger partial charge in [-0.2, -0.15) is 0 Å². The summed E-state index contributed by atoms with van der Waals surface area (Å²) in [6.07, 6.45) is 1.13. The first-order chi connectivity index (χ1) is 13.5. The maximum absolute atomic E-state index is 13.3. The lowest BCUT2D eigenvalue weighted by Gasteiger charge is -2.37. The zero-order valence-corrected chi connectivity index (χ0v) is 16.7. The number of allylic oxidation sites excluding steroid dienone is 2. The van der Waals surface area contributed by atoms with Crippen molar-refractivity contribution in [2.45, 2.75) is 26.7 Å². The third-order valence-corrected chi connectivity index (χ3v) is 6.67. The number of benzene rings is 1. The normalized spacial score (nSPS) is 26.4. The molecule has 2 atom stereocenters. The number of rotatable bonds is 4. The van der Waals surface area contributed by atoms with Gasteiger partial charge in [-0.3, -0.25) is 14.4 Å². The molecule has 0 bridgehead atoms. The van der Waals surface area contributed by atoms with Gasteiger partial charge in [0.05, 0.1) is 0 Å². The van der Waals surface area contributed by atoms with Crippen molar-refractivity contribution < 1.29 is 14.4 Å². The summed E-state index contributed by atoms with van der Waals surface area (Å²) in [7, 11) is 0. The topological polar surface area (TPSA) is 57.7 Å². The molecule has 1 aromatic rings. The number of carbonyl (C=O) groups is 3. The molecule has 0 saturated carbocycles. The fourth-order valence-corrected chi connectivity index (χ4v) is 4.85. The van der Waals surface area contributed by atoms with Crippen molar-refractivity contribution in [3.63, 3.8) is 0 Å². The third kappa shape index (κ3) is 3.27. The Morgan fingerprint density at radius 3 is 2.07 bits per heavy atom. The zero-order chi connectivity index (χ0) is 19.8. The zero-order valence-electron chi connectivity index (χ0n) is 16.7. The van der Waals surface area contributed by atoms with Crippen LogP contribution in [0.25, 0.3) is 0 Å². The molecule has 1 aromatic carbocycles. The largest absolute Gasteiger partial charge is 0.301 e. The number of hydrogen-bond acceptors (Lipinski definition) is 5. The first-order valence-corrected chi connectivity index (χ1v) is 10.4. The van der Waals surface area contributed by atoms with E-state index in [1.165, 1.54) is 0 Å². The quantitative estimate of drug-likeness (QED) is 0.804. The number of Topliss-reactive ketones (excluding diaryl/α,β-unsaturated/α-hetero) is 3. The van der Waals surface area contributed by atoms with Gasteiger partial charge in [-0.25, -0.2) is 0 Å². The van der Waals surface area contributed by atoms with Gasteiger partial charge in [-0.1, -0.05) is 38.1 Å². The molecule has 0 N–H and O–H groups in total. The van der Waals surface area contributed by atoms with Crippen molar-refractivity contribution in [1.82, 2.24) is 9.80 Å². The van der Waals surface area contributed by atoms with E-state index in [1.807, 2.05) is 0 Å². The van der Waals surface area contributed by atoms with Crippen molar-refractivity contribution in [1.29, 1.82) is 0 Å². The van der Waals surface area contributed by atoms with Crippen LogP contribution in [0.5, 0.6) is 0 Å². The van der Waals surface area contributed by atoms with Crippen LogP contribution < -0.4 is 0 Å². The Bertz CT molecular complexity index is 849. The number of ketones is 3. The maximum atomic E-state index is 13.3. The van der Waals surface area contributed by atoms with Gasteiger partial charge in [0, 0.05) is 60.8 Å². The van der Waals surface area contributed by atoms with Crippen molar-refractivity contribution >= 4 is 17.3 Å². The molecule has 3 aliphatic rings. The highest BCUT2D eigenvalue weighted by atomic mass is 16.1. The summed E-state index contributed by atoms with van der Waals surface area (Å²) >= 11 is 0. The second-order valence-corrected chi connectivity index (χ2v) is 8.18. The lowest BCUT2D eigenvalue weighted by Crippen LogP contribution is -2.47. The van der Waals surface area contributed by atoms with Gasteiger partial charge in [0.2, 0.25) is 0 Å². The van der Waals surface area contributed by atoms with Crippen LogP contribution in [0.4, 0.5) is 0 Å². The highest BCUT2D eigenvalue weighted by molar-refractivity contribution is 6.29. The summed E-state index contributed by atoms with van der Waals surface area (Å²) in [5, 5.41) is 0. The van der Waals surface area contributed by atoms with E-state index >= 15 is 0 Å². The standard InChI is InChI=1S/C23H28N2O3/c1-3-24-10-12-25(13-11-24)9-8-16-14-19(26)15(2)20-21(16)23(28)18-7-5-4-6-17(18)22(20)27/h4-7,15-16H,3,8-14H2,1-2H3. The van der Waals surface area contributed by atoms with Crippen LogP contribution in [0.1, 0.15) is 47.4 Å². The van der Waals surface area contributed by atoms with Crippen LogP contribution in [-0.4, -0.2) is 66.4 Å². The number of piperazine rings is 1. The molecule has 5 heteroatoms. The lowest BCUT2D eigenvalue weighted by atomic mass is 9.67. The van der Waals surface area contributed by atoms with Crippen LogP contribution in [-0.2, 0) is 4.79 Å². The molecule has 0 amide bonds. The molecular weight excluding hydrogens is 352 g/mol. The lowest BCUT2D eigenvalue weighted by molar-refractivity contribution is -0.122. The minimum Gasteiger partial charge on any atom is -0.301 e. The fraction of sp³-hybridized carbons (Fsp3) is 0.522. The van der Waals surface area contributed by atoms with Crippen molar-refractivity contribution in [3.05, 3.63) is 46.5 Å². The average molecular weight is 380 g/mol. The van der Waals surface area contributed by atoms with Gasteiger partial charge in [0.25, 0.3) is 0 Å². The van der Waals surface area contributed by atoms with E-state index < -0.39 is 5.92 Å². The smallest absolute Gasteiger partial charge is 0.190 e. The van der Waals surface area contributed by atoms with Crippen LogP contribution >= 0.6 is 0 Å². The summed E-state index contributed by atoms with van der Waals surface area (Å²) in [4.78, 5) is 43.8. The second-order valence-electron chi connectivity index (χ2n) is 8.18. The van der Waals surface area contributed by atoms with Gasteiger partial charge in [0.15, 0.2) is 11.6 Å². The van der Waals surface area contributed by atoms with E-state index in [0.29, 0.717) is 28.7 Å². The number of nitrogens with zero attached hydrogens (tertiary/aromatic N) is 2. The summed E-state index contributed by atoms with van der Waals surface area (Å²) < 4.78 is 0. The minimum atomic E-state index is -0.482. The Morgan fingerprint density at radius 2 is 1.46 bits per heavy atom. The number of carbonyl (C=O) groups excluding carboxylic acids is 3. The second kappa shape index (κ2) is 7.72. The summed E-state index contributed by atoms with van der Waals surface area (Å²) in [6, 6.07) is 7.02. The highest BCUT2D eigenvalue weighted by Gasteiger charge is 2.43. The number of fused-ring (bicyclic) bond motifs is 1. The molecule has 1 fully saturated rings. The first kappa shape index (κ1) is 19.2. The Hall–Kier alpha value is -2.11. The Morgan fingerprint density at radius 1 is 0.893 bits per heavy atom. The number of likely N-dealkylation sites (N-methyl/N-ethyl adjacent to an activating group) is 1. The molecule has 0 radical (unpaired) electrons. The van der Waals surface area contributed by atoms with Gasteiger partial charge < -0.3 is 9.80 Å². The van der Waals surface area contributed by atoms with Gasteiger partial charge in [0.1, 0.15) is 5.78 Å². The minimum absolute atomic E-state index is 0.0506. The maximum Gasteiger partial charge on any atom is 0.190 e. The van der Waals surface area contributed by atoms with Crippen LogP contribution in [0.15, 0.2) is 35.4 Å². The van der Waals surface area contributed by atoms with Gasteiger partial charge in [-0.15, -0.1) is 0 Å². The molecule has 1 saturated heterocycles. The molecule has 28 heavy (non-hydrogen) atoms. The molecule has 0 spiro atoms. The fourth-order valence-electron chi connectivity index (χ4n) is 4.85. The van der Waals surface area contributed by atoms with E-state index in [4.69, 9.17) is 0 Å². The van der Waals surface area contributed by atoms with Crippen LogP contribution in [0.3, 0.4) is 0 Å².